The lowest BCUT2D eigenvalue weighted by atomic mass is 10.3. The number of halogens is 1. The Balaban J connectivity index is 1.93. The average Bonchev–Trinajstić information content (AvgIpc) is 3.14. The third-order valence-electron chi connectivity index (χ3n) is 4.79. The number of aromatic nitrogens is 4. The second-order valence-corrected chi connectivity index (χ2v) is 9.27. The quantitative estimate of drug-likeness (QED) is 0.295. The van der Waals surface area contributed by atoms with Gasteiger partial charge in [0.05, 0.1) is 13.2 Å². The molecular weight excluding hydrogens is 516 g/mol. The van der Waals surface area contributed by atoms with Gasteiger partial charge >= 0.3 is 11.7 Å². The Morgan fingerprint density at radius 2 is 1.97 bits per heavy atom. The zero-order valence-corrected chi connectivity index (χ0v) is 20.8. The molecule has 0 saturated carbocycles. The number of benzene rings is 1. The lowest BCUT2D eigenvalue weighted by Gasteiger charge is -2.17. The van der Waals surface area contributed by atoms with Crippen molar-refractivity contribution in [3.63, 3.8) is 0 Å². The van der Waals surface area contributed by atoms with Crippen molar-refractivity contribution in [2.45, 2.75) is 43.3 Å². The second kappa shape index (κ2) is 11.0. The number of ether oxygens (including phenoxy) is 2. The minimum Gasteiger partial charge on any atom is -0.491 e. The minimum absolute atomic E-state index is 0.0318. The second-order valence-electron chi connectivity index (χ2n) is 7.18. The molecule has 0 aliphatic heterocycles. The molecule has 2 heterocycles. The van der Waals surface area contributed by atoms with Gasteiger partial charge in [-0.3, -0.25) is 19.1 Å². The number of aromatic amines is 1. The molecule has 178 valence electrons. The van der Waals surface area contributed by atoms with Crippen LogP contribution >= 0.6 is 27.7 Å². The van der Waals surface area contributed by atoms with Gasteiger partial charge in [0.1, 0.15) is 23.7 Å². The molecule has 2 atom stereocenters. The fourth-order valence-corrected chi connectivity index (χ4v) is 4.40. The molecule has 0 saturated heterocycles. The maximum Gasteiger partial charge on any atom is 0.329 e. The van der Waals surface area contributed by atoms with Crippen LogP contribution in [0.3, 0.4) is 0 Å². The zero-order chi connectivity index (χ0) is 24.1. The Labute approximate surface area is 202 Å². The van der Waals surface area contributed by atoms with E-state index in [1.165, 1.54) is 16.2 Å². The Morgan fingerprint density at radius 3 is 2.61 bits per heavy atom. The van der Waals surface area contributed by atoms with E-state index in [2.05, 4.69) is 25.9 Å². The number of hydrogen-bond acceptors (Lipinski definition) is 8. The topological polar surface area (TPSA) is 128 Å². The first-order chi connectivity index (χ1) is 15.7. The van der Waals surface area contributed by atoms with Gasteiger partial charge in [-0.05, 0) is 37.6 Å². The van der Waals surface area contributed by atoms with E-state index in [1.807, 2.05) is 19.1 Å². The fraction of sp³-hybridized carbons (Fsp3) is 0.429. The predicted octanol–water partition coefficient (Wildman–Crippen LogP) is 2.06. The summed E-state index contributed by atoms with van der Waals surface area (Å²) in [4.78, 5) is 43.7. The van der Waals surface area contributed by atoms with Crippen LogP contribution in [0.1, 0.15) is 20.3 Å². The molecule has 0 amide bonds. The molecule has 3 rings (SSSR count). The molecule has 12 heteroatoms. The van der Waals surface area contributed by atoms with E-state index < -0.39 is 28.6 Å². The molecule has 0 spiro atoms. The highest BCUT2D eigenvalue weighted by atomic mass is 79.9. The summed E-state index contributed by atoms with van der Waals surface area (Å²) in [7, 11) is 1.49. The summed E-state index contributed by atoms with van der Waals surface area (Å²) in [6.45, 7) is 3.74. The van der Waals surface area contributed by atoms with E-state index in [0.717, 1.165) is 16.2 Å². The first-order valence-corrected chi connectivity index (χ1v) is 12.0. The van der Waals surface area contributed by atoms with Gasteiger partial charge in [-0.15, -0.1) is 0 Å². The maximum atomic E-state index is 12.6. The molecular formula is C21H25BrN4O6S. The minimum atomic E-state index is -0.996. The molecule has 0 radical (unpaired) electrons. The number of thioether (sulfide) groups is 1. The Bertz CT molecular complexity index is 1240. The number of esters is 1. The highest BCUT2D eigenvalue weighted by Gasteiger charge is 2.26. The SMILES string of the molecule is CCOC(=O)C(CC)Sc1nc2c(c(=O)[nH]c(=O)n2C)n1CC(O)COc1ccc(Br)cc1. The maximum absolute atomic E-state index is 12.6. The average molecular weight is 541 g/mol. The first kappa shape index (κ1) is 25.1. The Morgan fingerprint density at radius 1 is 1.27 bits per heavy atom. The van der Waals surface area contributed by atoms with Gasteiger partial charge in [-0.1, -0.05) is 34.6 Å². The highest BCUT2D eigenvalue weighted by molar-refractivity contribution is 9.10. The molecule has 10 nitrogen and oxygen atoms in total. The van der Waals surface area contributed by atoms with Crippen molar-refractivity contribution in [1.82, 2.24) is 19.1 Å². The van der Waals surface area contributed by atoms with Gasteiger partial charge in [-0.2, -0.15) is 0 Å². The summed E-state index contributed by atoms with van der Waals surface area (Å²) < 4.78 is 14.4. The van der Waals surface area contributed by atoms with E-state index in [9.17, 15) is 19.5 Å². The number of aliphatic hydroxyl groups excluding tert-OH is 1. The third-order valence-corrected chi connectivity index (χ3v) is 6.65. The predicted molar refractivity (Wildman–Crippen MR) is 128 cm³/mol. The number of rotatable bonds is 10. The number of imidazole rings is 1. The van der Waals surface area contributed by atoms with Crippen molar-refractivity contribution in [1.29, 1.82) is 0 Å². The molecule has 0 aliphatic rings. The number of carbonyl (C=O) groups is 1. The lowest BCUT2D eigenvalue weighted by Crippen LogP contribution is -2.31. The van der Waals surface area contributed by atoms with Crippen molar-refractivity contribution in [2.24, 2.45) is 7.05 Å². The van der Waals surface area contributed by atoms with E-state index in [0.29, 0.717) is 17.3 Å². The van der Waals surface area contributed by atoms with Crippen molar-refractivity contribution in [3.8, 4) is 5.75 Å². The van der Waals surface area contributed by atoms with Crippen LogP contribution in [-0.4, -0.2) is 54.7 Å². The summed E-state index contributed by atoms with van der Waals surface area (Å²) >= 11 is 4.47. The third kappa shape index (κ3) is 5.87. The molecule has 1 aromatic carbocycles. The largest absolute Gasteiger partial charge is 0.491 e. The van der Waals surface area contributed by atoms with Gasteiger partial charge in [0, 0.05) is 11.5 Å². The monoisotopic (exact) mass is 540 g/mol. The van der Waals surface area contributed by atoms with Gasteiger partial charge in [0.25, 0.3) is 5.56 Å². The van der Waals surface area contributed by atoms with Gasteiger partial charge in [-0.25, -0.2) is 9.78 Å². The number of H-pyrrole nitrogens is 1. The highest BCUT2D eigenvalue weighted by Crippen LogP contribution is 2.28. The van der Waals surface area contributed by atoms with E-state index in [4.69, 9.17) is 9.47 Å². The number of nitrogens with zero attached hydrogens (tertiary/aromatic N) is 3. The summed E-state index contributed by atoms with van der Waals surface area (Å²) in [6, 6.07) is 7.16. The zero-order valence-electron chi connectivity index (χ0n) is 18.4. The fourth-order valence-electron chi connectivity index (χ4n) is 3.12. The molecule has 2 aromatic heterocycles. The van der Waals surface area contributed by atoms with Crippen LogP contribution in [0.15, 0.2) is 43.5 Å². The van der Waals surface area contributed by atoms with Crippen LogP contribution in [0.4, 0.5) is 0 Å². The summed E-state index contributed by atoms with van der Waals surface area (Å²) in [5, 5.41) is 10.4. The molecule has 2 unspecified atom stereocenters. The number of nitrogens with one attached hydrogen (secondary N) is 1. The van der Waals surface area contributed by atoms with Gasteiger partial charge < -0.3 is 19.1 Å². The number of hydrogen-bond donors (Lipinski definition) is 2. The smallest absolute Gasteiger partial charge is 0.329 e. The first-order valence-electron chi connectivity index (χ1n) is 10.3. The van der Waals surface area contributed by atoms with E-state index >= 15 is 0 Å². The van der Waals surface area contributed by atoms with Crippen molar-refractivity contribution < 1.29 is 19.4 Å². The summed E-state index contributed by atoms with van der Waals surface area (Å²) in [5.41, 5.74) is -0.949. The number of aryl methyl sites for hydroxylation is 1. The van der Waals surface area contributed by atoms with Crippen LogP contribution in [0, 0.1) is 0 Å². The molecule has 33 heavy (non-hydrogen) atoms. The standard InChI is InChI=1S/C21H25BrN4O6S/c1-4-15(19(29)31-5-2)33-21-23-17-16(18(28)24-20(30)25(17)3)26(21)10-13(27)11-32-14-8-6-12(22)7-9-14/h6-9,13,15,27H,4-5,10-11H2,1-3H3,(H,24,28,30). The van der Waals surface area contributed by atoms with Crippen LogP contribution in [0.2, 0.25) is 0 Å². The lowest BCUT2D eigenvalue weighted by molar-refractivity contribution is -0.142. The summed E-state index contributed by atoms with van der Waals surface area (Å²) in [5.74, 6) is 0.182. The van der Waals surface area contributed by atoms with Crippen molar-refractivity contribution in [3.05, 3.63) is 49.6 Å². The van der Waals surface area contributed by atoms with Gasteiger partial charge in [0.2, 0.25) is 0 Å². The van der Waals surface area contributed by atoms with E-state index in [1.54, 1.807) is 19.1 Å². The number of fused-ring (bicyclic) bond motifs is 1. The van der Waals surface area contributed by atoms with Crippen molar-refractivity contribution in [2.75, 3.05) is 13.2 Å². The number of aliphatic hydroxyl groups is 1. The van der Waals surface area contributed by atoms with Crippen LogP contribution in [0.25, 0.3) is 11.2 Å². The molecule has 0 fully saturated rings. The van der Waals surface area contributed by atoms with Crippen molar-refractivity contribution >= 4 is 44.8 Å². The molecule has 2 N–H and O–H groups in total. The number of carbonyl (C=O) groups excluding carboxylic acids is 1. The normalized spacial score (nSPS) is 13.1. The summed E-state index contributed by atoms with van der Waals surface area (Å²) in [6.07, 6.45) is -0.526. The van der Waals surface area contributed by atoms with Crippen LogP contribution in [0.5, 0.6) is 5.75 Å². The molecule has 0 bridgehead atoms. The van der Waals surface area contributed by atoms with Crippen LogP contribution < -0.4 is 16.0 Å². The van der Waals surface area contributed by atoms with Gasteiger partial charge in [0.15, 0.2) is 16.3 Å². The van der Waals surface area contributed by atoms with Crippen LogP contribution in [-0.2, 0) is 23.1 Å². The molecule has 0 aliphatic carbocycles. The molecule has 3 aromatic rings. The van der Waals surface area contributed by atoms with E-state index in [-0.39, 0.29) is 30.9 Å². The Hall–Kier alpha value is -2.57. The Kier molecular flexibility index (Phi) is 8.38.